The number of nitrogens with one attached hydrogen (secondary N) is 4. The lowest BCUT2D eigenvalue weighted by Gasteiger charge is -2.27. The predicted molar refractivity (Wildman–Crippen MR) is 140 cm³/mol. The van der Waals surface area contributed by atoms with Crippen molar-refractivity contribution in [2.24, 2.45) is 28.1 Å². The third-order valence-electron chi connectivity index (χ3n) is 5.35. The van der Waals surface area contributed by atoms with E-state index < -0.39 is 78.6 Å². The summed E-state index contributed by atoms with van der Waals surface area (Å²) < 4.78 is 0. The summed E-state index contributed by atoms with van der Waals surface area (Å²) >= 11 is 3.88. The Bertz CT molecular complexity index is 883. The van der Waals surface area contributed by atoms with Crippen LogP contribution in [0.3, 0.4) is 0 Å². The maximum atomic E-state index is 12.8. The van der Waals surface area contributed by atoms with E-state index in [0.29, 0.717) is 12.8 Å². The van der Waals surface area contributed by atoms with Crippen molar-refractivity contribution < 1.29 is 39.0 Å². The van der Waals surface area contributed by atoms with Gasteiger partial charge in [-0.3, -0.25) is 29.0 Å². The third-order valence-corrected chi connectivity index (χ3v) is 5.71. The molecule has 0 rings (SSSR count). The molecular weight excluding hydrogens is 524 g/mol. The average molecular weight is 563 g/mol. The largest absolute Gasteiger partial charge is 0.481 e. The number of aliphatic carboxylic acids is 2. The molecule has 0 bridgehead atoms. The Hall–Kier alpha value is -3.60. The number of rotatable bonds is 18. The van der Waals surface area contributed by atoms with Crippen molar-refractivity contribution in [3.05, 3.63) is 0 Å². The van der Waals surface area contributed by atoms with Crippen LogP contribution in [0.2, 0.25) is 0 Å². The molecule has 0 saturated heterocycles. The van der Waals surface area contributed by atoms with Gasteiger partial charge < -0.3 is 48.7 Å². The summed E-state index contributed by atoms with van der Waals surface area (Å²) in [5, 5.41) is 27.5. The van der Waals surface area contributed by atoms with Gasteiger partial charge in [0.05, 0.1) is 19.0 Å². The van der Waals surface area contributed by atoms with Gasteiger partial charge >= 0.3 is 11.9 Å². The molecular formula is C21H38N8O8S. The lowest BCUT2D eigenvalue weighted by Crippen LogP contribution is -2.58. The highest BCUT2D eigenvalue weighted by Crippen LogP contribution is 2.10. The number of carbonyl (C=O) groups is 6. The zero-order chi connectivity index (χ0) is 29.4. The molecule has 0 aromatic rings. The SMILES string of the molecule is CCC(C)C(NC(=O)C(CC(=O)O)NC(=O)CNC(=O)C(N)CCCN=C(N)N)C(=O)NC(CS)C(=O)O. The minimum Gasteiger partial charge on any atom is -0.481 e. The van der Waals surface area contributed by atoms with E-state index in [-0.39, 0.29) is 24.7 Å². The van der Waals surface area contributed by atoms with E-state index in [0.717, 1.165) is 0 Å². The molecule has 38 heavy (non-hydrogen) atoms. The molecule has 0 aliphatic heterocycles. The van der Waals surface area contributed by atoms with E-state index in [1.807, 2.05) is 0 Å². The maximum Gasteiger partial charge on any atom is 0.327 e. The fourth-order valence-corrected chi connectivity index (χ4v) is 3.23. The third kappa shape index (κ3) is 13.6. The van der Waals surface area contributed by atoms with Crippen LogP contribution in [0.1, 0.15) is 39.5 Å². The van der Waals surface area contributed by atoms with Crippen molar-refractivity contribution in [2.45, 2.75) is 63.7 Å². The van der Waals surface area contributed by atoms with Crippen molar-refractivity contribution in [1.82, 2.24) is 21.3 Å². The number of aliphatic imine (C=N–C) groups is 1. The van der Waals surface area contributed by atoms with E-state index in [1.54, 1.807) is 13.8 Å². The normalized spacial score (nSPS) is 14.5. The van der Waals surface area contributed by atoms with Gasteiger partial charge in [-0.25, -0.2) is 4.79 Å². The predicted octanol–water partition coefficient (Wildman–Crippen LogP) is -3.53. The van der Waals surface area contributed by atoms with Crippen molar-refractivity contribution in [3.63, 3.8) is 0 Å². The number of nitrogens with two attached hydrogens (primary N) is 3. The van der Waals surface area contributed by atoms with E-state index in [2.05, 4.69) is 38.9 Å². The number of hydrogen-bond donors (Lipinski definition) is 10. The monoisotopic (exact) mass is 562 g/mol. The Morgan fingerprint density at radius 3 is 2.08 bits per heavy atom. The zero-order valence-electron chi connectivity index (χ0n) is 21.3. The van der Waals surface area contributed by atoms with Crippen molar-refractivity contribution >= 4 is 54.2 Å². The standard InChI is InChI=1S/C21H38N8O8S/c1-3-10(2)16(19(35)28-13(9-38)20(36)37)29-18(34)12(7-15(31)32)27-14(30)8-26-17(33)11(22)5-4-6-25-21(23)24/h10-13,16,38H,3-9,22H2,1-2H3,(H,26,33)(H,27,30)(H,28,35)(H,29,34)(H,31,32)(H,36,37)(H4,23,24,25). The second kappa shape index (κ2) is 17.8. The molecule has 216 valence electrons. The van der Waals surface area contributed by atoms with Gasteiger partial charge in [0.1, 0.15) is 18.1 Å². The van der Waals surface area contributed by atoms with Crippen LogP contribution in [0.5, 0.6) is 0 Å². The molecule has 0 aromatic carbocycles. The minimum atomic E-state index is -1.59. The fraction of sp³-hybridized carbons (Fsp3) is 0.667. The summed E-state index contributed by atoms with van der Waals surface area (Å²) in [6.07, 6.45) is 0.221. The first-order chi connectivity index (χ1) is 17.7. The Morgan fingerprint density at radius 1 is 0.947 bits per heavy atom. The van der Waals surface area contributed by atoms with E-state index in [1.165, 1.54) is 0 Å². The molecule has 17 heteroatoms. The second-order valence-corrected chi connectivity index (χ2v) is 8.81. The second-order valence-electron chi connectivity index (χ2n) is 8.44. The molecule has 0 aliphatic rings. The van der Waals surface area contributed by atoms with Crippen LogP contribution in [-0.2, 0) is 28.8 Å². The molecule has 5 unspecified atom stereocenters. The lowest BCUT2D eigenvalue weighted by molar-refractivity contribution is -0.143. The number of hydrogen-bond acceptors (Lipinski definition) is 9. The van der Waals surface area contributed by atoms with Gasteiger partial charge in [-0.15, -0.1) is 0 Å². The molecule has 4 amide bonds. The summed E-state index contributed by atoms with van der Waals surface area (Å²) in [7, 11) is 0. The average Bonchev–Trinajstić information content (AvgIpc) is 2.84. The summed E-state index contributed by atoms with van der Waals surface area (Å²) in [4.78, 5) is 76.2. The zero-order valence-corrected chi connectivity index (χ0v) is 22.2. The number of nitrogens with zero attached hydrogens (tertiary/aromatic N) is 1. The summed E-state index contributed by atoms with van der Waals surface area (Å²) in [5.74, 6) is -6.84. The smallest absolute Gasteiger partial charge is 0.327 e. The maximum absolute atomic E-state index is 12.8. The first kappa shape index (κ1) is 34.4. The Kier molecular flexibility index (Phi) is 16.1. The highest BCUT2D eigenvalue weighted by molar-refractivity contribution is 7.80. The van der Waals surface area contributed by atoms with Crippen LogP contribution in [0.4, 0.5) is 0 Å². The highest BCUT2D eigenvalue weighted by atomic mass is 32.1. The number of guanidine groups is 1. The summed E-state index contributed by atoms with van der Waals surface area (Å²) in [6, 6.07) is -5.09. The first-order valence-electron chi connectivity index (χ1n) is 11.8. The molecule has 0 spiro atoms. The van der Waals surface area contributed by atoms with Gasteiger partial charge in [-0.05, 0) is 18.8 Å². The number of thiol groups is 1. The van der Waals surface area contributed by atoms with E-state index >= 15 is 0 Å². The molecule has 0 saturated carbocycles. The van der Waals surface area contributed by atoms with E-state index in [4.69, 9.17) is 22.3 Å². The van der Waals surface area contributed by atoms with Gasteiger partial charge in [0.25, 0.3) is 0 Å². The minimum absolute atomic E-state index is 0.0992. The van der Waals surface area contributed by atoms with Gasteiger partial charge in [0, 0.05) is 12.3 Å². The Balaban J connectivity index is 5.21. The van der Waals surface area contributed by atoms with Gasteiger partial charge in [0.2, 0.25) is 23.6 Å². The summed E-state index contributed by atoms with van der Waals surface area (Å²) in [6.45, 7) is 3.02. The van der Waals surface area contributed by atoms with Crippen molar-refractivity contribution in [2.75, 3.05) is 18.8 Å². The number of carboxylic acids is 2. The van der Waals surface area contributed by atoms with Crippen LogP contribution in [0.15, 0.2) is 4.99 Å². The van der Waals surface area contributed by atoms with Crippen LogP contribution in [0, 0.1) is 5.92 Å². The first-order valence-corrected chi connectivity index (χ1v) is 12.4. The lowest BCUT2D eigenvalue weighted by atomic mass is 9.97. The van der Waals surface area contributed by atoms with Crippen LogP contribution >= 0.6 is 12.6 Å². The number of amides is 4. The van der Waals surface area contributed by atoms with Gasteiger partial charge in [-0.2, -0.15) is 12.6 Å². The fourth-order valence-electron chi connectivity index (χ4n) is 2.98. The molecule has 16 nitrogen and oxygen atoms in total. The van der Waals surface area contributed by atoms with Gasteiger partial charge in [0.15, 0.2) is 5.96 Å². The Labute approximate surface area is 225 Å². The highest BCUT2D eigenvalue weighted by Gasteiger charge is 2.32. The summed E-state index contributed by atoms with van der Waals surface area (Å²) in [5.41, 5.74) is 16.2. The van der Waals surface area contributed by atoms with Crippen molar-refractivity contribution in [3.8, 4) is 0 Å². The van der Waals surface area contributed by atoms with Crippen molar-refractivity contribution in [1.29, 1.82) is 0 Å². The molecule has 0 aromatic heterocycles. The Morgan fingerprint density at radius 2 is 1.58 bits per heavy atom. The topological polar surface area (TPSA) is 281 Å². The molecule has 0 fully saturated rings. The number of carboxylic acid groups (broad SMARTS) is 2. The molecule has 0 heterocycles. The van der Waals surface area contributed by atoms with Crippen LogP contribution in [-0.4, -0.2) is 94.7 Å². The molecule has 5 atom stereocenters. The van der Waals surface area contributed by atoms with Crippen LogP contribution in [0.25, 0.3) is 0 Å². The number of carbonyl (C=O) groups excluding carboxylic acids is 4. The quantitative estimate of drug-likeness (QED) is 0.0338. The molecule has 12 N–H and O–H groups in total. The van der Waals surface area contributed by atoms with E-state index in [9.17, 15) is 33.9 Å². The van der Waals surface area contributed by atoms with Gasteiger partial charge in [-0.1, -0.05) is 20.3 Å². The van der Waals surface area contributed by atoms with Crippen LogP contribution < -0.4 is 38.5 Å². The molecule has 0 radical (unpaired) electrons. The molecule has 0 aliphatic carbocycles.